The zero-order valence-electron chi connectivity index (χ0n) is 12.5. The maximum atomic E-state index is 11.7. The molecule has 0 amide bonds. The molecule has 1 aromatic heterocycles. The van der Waals surface area contributed by atoms with Gasteiger partial charge in [0, 0.05) is 5.56 Å². The van der Waals surface area contributed by atoms with Gasteiger partial charge in [0.2, 0.25) is 0 Å². The largest absolute Gasteiger partial charge is 0.370 e. The molecule has 5 N–H and O–H groups in total. The smallest absolute Gasteiger partial charge is 0.353 e. The fourth-order valence-electron chi connectivity index (χ4n) is 1.62. The Morgan fingerprint density at radius 3 is 2.50 bits per heavy atom. The first kappa shape index (κ1) is 19.1. The average molecular weight is 366 g/mol. The van der Waals surface area contributed by atoms with Crippen LogP contribution in [0, 0.1) is 16.7 Å². The molecule has 2 aromatic rings. The number of guanidine groups is 1. The van der Waals surface area contributed by atoms with Gasteiger partial charge in [0.25, 0.3) is 0 Å². The summed E-state index contributed by atoms with van der Waals surface area (Å²) >= 11 is 1.30. The Kier molecular flexibility index (Phi) is 6.46. The Morgan fingerprint density at radius 1 is 1.33 bits per heavy atom. The number of rotatable bonds is 3. The van der Waals surface area contributed by atoms with E-state index in [0.29, 0.717) is 16.0 Å². The first-order valence-electron chi connectivity index (χ1n) is 6.25. The Labute approximate surface area is 142 Å². The molecule has 1 heterocycles. The third-order valence-corrected chi connectivity index (χ3v) is 3.68. The average Bonchev–Trinajstić information content (AvgIpc) is 2.93. The quantitative estimate of drug-likeness (QED) is 0.418. The molecular formula is C14H14N4O4S2. The standard InChI is InChI=1S/C13H9NO4S2.CH5N3/c1-20(16,17)18-13(15)10-4-2-3-9(7-10)11-5-6-19-12(11)8-14;2-1(3)4/h2-7H,1H3;(H5,2,3,4). The summed E-state index contributed by atoms with van der Waals surface area (Å²) in [7, 11) is -3.85. The highest BCUT2D eigenvalue weighted by Gasteiger charge is 2.15. The summed E-state index contributed by atoms with van der Waals surface area (Å²) in [5, 5.41) is 16.8. The van der Waals surface area contributed by atoms with Gasteiger partial charge < -0.3 is 15.7 Å². The van der Waals surface area contributed by atoms with E-state index in [2.05, 4.69) is 21.7 Å². The SMILES string of the molecule is CS(=O)(=O)OC(=O)c1cccc(-c2ccsc2C#N)c1.N=C(N)N. The van der Waals surface area contributed by atoms with Crippen molar-refractivity contribution in [3.05, 3.63) is 46.2 Å². The molecular weight excluding hydrogens is 352 g/mol. The predicted molar refractivity (Wildman–Crippen MR) is 90.8 cm³/mol. The van der Waals surface area contributed by atoms with Crippen molar-refractivity contribution in [2.75, 3.05) is 6.26 Å². The third-order valence-electron chi connectivity index (χ3n) is 2.40. The minimum absolute atomic E-state index is 0.114. The number of carbonyl (C=O) groups is 1. The lowest BCUT2D eigenvalue weighted by molar-refractivity contribution is 0.0748. The molecule has 126 valence electrons. The van der Waals surface area contributed by atoms with E-state index in [4.69, 9.17) is 10.7 Å². The van der Waals surface area contributed by atoms with Crippen LogP contribution in [0.15, 0.2) is 35.7 Å². The van der Waals surface area contributed by atoms with Crippen molar-refractivity contribution in [1.29, 1.82) is 10.7 Å². The zero-order chi connectivity index (χ0) is 18.3. The van der Waals surface area contributed by atoms with Crippen LogP contribution < -0.4 is 11.5 Å². The van der Waals surface area contributed by atoms with Crippen LogP contribution >= 0.6 is 11.3 Å². The third kappa shape index (κ3) is 6.07. The number of nitriles is 1. The van der Waals surface area contributed by atoms with E-state index in [1.54, 1.807) is 23.6 Å². The van der Waals surface area contributed by atoms with Crippen LogP contribution in [-0.4, -0.2) is 26.6 Å². The molecule has 0 aliphatic carbocycles. The highest BCUT2D eigenvalue weighted by molar-refractivity contribution is 7.86. The molecule has 0 unspecified atom stereocenters. The molecule has 0 spiro atoms. The van der Waals surface area contributed by atoms with Crippen molar-refractivity contribution in [3.63, 3.8) is 0 Å². The summed E-state index contributed by atoms with van der Waals surface area (Å²) in [5.74, 6) is -1.27. The molecule has 10 heteroatoms. The first-order valence-corrected chi connectivity index (χ1v) is 8.95. The summed E-state index contributed by atoms with van der Waals surface area (Å²) in [5.41, 5.74) is 10.4. The van der Waals surface area contributed by atoms with Gasteiger partial charge in [-0.3, -0.25) is 5.41 Å². The van der Waals surface area contributed by atoms with Crippen LogP contribution in [0.2, 0.25) is 0 Å². The van der Waals surface area contributed by atoms with Gasteiger partial charge in [0.15, 0.2) is 5.96 Å². The van der Waals surface area contributed by atoms with E-state index in [9.17, 15) is 13.2 Å². The van der Waals surface area contributed by atoms with Gasteiger partial charge in [0.1, 0.15) is 10.9 Å². The van der Waals surface area contributed by atoms with Gasteiger partial charge in [-0.05, 0) is 29.1 Å². The van der Waals surface area contributed by atoms with E-state index < -0.39 is 16.1 Å². The normalized spacial score (nSPS) is 10.0. The van der Waals surface area contributed by atoms with Gasteiger partial charge in [-0.25, -0.2) is 4.79 Å². The maximum Gasteiger partial charge on any atom is 0.353 e. The van der Waals surface area contributed by atoms with Crippen LogP contribution in [0.1, 0.15) is 15.2 Å². The molecule has 0 radical (unpaired) electrons. The first-order chi connectivity index (χ1) is 11.1. The lowest BCUT2D eigenvalue weighted by Crippen LogP contribution is -2.20. The highest BCUT2D eigenvalue weighted by atomic mass is 32.2. The second-order valence-electron chi connectivity index (χ2n) is 4.39. The summed E-state index contributed by atoms with van der Waals surface area (Å²) in [4.78, 5) is 12.2. The topological polar surface area (TPSA) is 160 Å². The van der Waals surface area contributed by atoms with Gasteiger partial charge in [-0.15, -0.1) is 11.3 Å². The number of hydrogen-bond donors (Lipinski definition) is 3. The molecule has 0 fully saturated rings. The van der Waals surface area contributed by atoms with Crippen LogP contribution in [0.5, 0.6) is 0 Å². The number of nitrogens with one attached hydrogen (secondary N) is 1. The van der Waals surface area contributed by atoms with E-state index >= 15 is 0 Å². The van der Waals surface area contributed by atoms with Crippen LogP contribution in [-0.2, 0) is 14.3 Å². The number of nitrogens with zero attached hydrogens (tertiary/aromatic N) is 1. The van der Waals surface area contributed by atoms with Gasteiger partial charge in [-0.2, -0.15) is 13.7 Å². The van der Waals surface area contributed by atoms with E-state index in [1.807, 2.05) is 0 Å². The minimum Gasteiger partial charge on any atom is -0.370 e. The fraction of sp³-hybridized carbons (Fsp3) is 0.0714. The number of nitrogens with two attached hydrogens (primary N) is 2. The summed E-state index contributed by atoms with van der Waals surface area (Å²) in [6.45, 7) is 0. The van der Waals surface area contributed by atoms with E-state index in [1.165, 1.54) is 23.5 Å². The van der Waals surface area contributed by atoms with Crippen LogP contribution in [0.25, 0.3) is 11.1 Å². The van der Waals surface area contributed by atoms with E-state index in [-0.39, 0.29) is 11.5 Å². The molecule has 0 saturated carbocycles. The molecule has 0 bridgehead atoms. The summed E-state index contributed by atoms with van der Waals surface area (Å²) < 4.78 is 26.2. The van der Waals surface area contributed by atoms with Crippen molar-refractivity contribution in [2.24, 2.45) is 11.5 Å². The Hall–Kier alpha value is -2.90. The molecule has 0 atom stereocenters. The monoisotopic (exact) mass is 366 g/mol. The number of thiophene rings is 1. The molecule has 24 heavy (non-hydrogen) atoms. The molecule has 1 aromatic carbocycles. The second-order valence-corrected chi connectivity index (χ2v) is 6.88. The van der Waals surface area contributed by atoms with E-state index in [0.717, 1.165) is 6.26 Å². The lowest BCUT2D eigenvalue weighted by atomic mass is 10.0. The maximum absolute atomic E-state index is 11.7. The van der Waals surface area contributed by atoms with Crippen LogP contribution in [0.4, 0.5) is 0 Å². The molecule has 8 nitrogen and oxygen atoms in total. The number of hydrogen-bond acceptors (Lipinski definition) is 7. The Balaban J connectivity index is 0.000000648. The second kappa shape index (κ2) is 8.09. The highest BCUT2D eigenvalue weighted by Crippen LogP contribution is 2.28. The fourth-order valence-corrected chi connectivity index (χ4v) is 2.70. The van der Waals surface area contributed by atoms with Crippen LogP contribution in [0.3, 0.4) is 0 Å². The summed E-state index contributed by atoms with van der Waals surface area (Å²) in [6, 6.07) is 10.1. The van der Waals surface area contributed by atoms with Crippen molar-refractivity contribution in [3.8, 4) is 17.2 Å². The Morgan fingerprint density at radius 2 is 1.96 bits per heavy atom. The zero-order valence-corrected chi connectivity index (χ0v) is 14.1. The minimum atomic E-state index is -3.85. The molecule has 2 rings (SSSR count). The lowest BCUT2D eigenvalue weighted by Gasteiger charge is -2.04. The Bertz CT molecular complexity index is 893. The van der Waals surface area contributed by atoms with Crippen molar-refractivity contribution in [2.45, 2.75) is 0 Å². The van der Waals surface area contributed by atoms with Crippen molar-refractivity contribution in [1.82, 2.24) is 0 Å². The van der Waals surface area contributed by atoms with Gasteiger partial charge in [-0.1, -0.05) is 12.1 Å². The van der Waals surface area contributed by atoms with Gasteiger partial charge >= 0.3 is 16.1 Å². The molecule has 0 saturated heterocycles. The summed E-state index contributed by atoms with van der Waals surface area (Å²) in [6.07, 6.45) is 0.807. The molecule has 0 aliphatic rings. The van der Waals surface area contributed by atoms with Gasteiger partial charge in [0.05, 0.1) is 11.8 Å². The molecule has 0 aliphatic heterocycles. The number of benzene rings is 1. The van der Waals surface area contributed by atoms with Crippen molar-refractivity contribution >= 4 is 33.4 Å². The predicted octanol–water partition coefficient (Wildman–Crippen LogP) is 1.24. The van der Waals surface area contributed by atoms with Crippen molar-refractivity contribution < 1.29 is 17.4 Å². The number of carbonyl (C=O) groups excluding carboxylic acids is 1.